The molecule has 5 aliphatic rings. The minimum absolute atomic E-state index is 0.289. The summed E-state index contributed by atoms with van der Waals surface area (Å²) in [6, 6.07) is 38.6. The maximum atomic E-state index is 7.93. The molecule has 5 heterocycles. The van der Waals surface area contributed by atoms with Crippen LogP contribution in [0, 0.1) is 0 Å². The van der Waals surface area contributed by atoms with Crippen LogP contribution in [-0.2, 0) is 15.4 Å². The summed E-state index contributed by atoms with van der Waals surface area (Å²) in [5.41, 5.74) is 5.48. The second-order valence-corrected chi connectivity index (χ2v) is 33.6. The van der Waals surface area contributed by atoms with Gasteiger partial charge in [-0.05, 0) is 74.3 Å². The minimum Gasteiger partial charge on any atom is -0.492 e. The highest BCUT2D eigenvalue weighted by Crippen LogP contribution is 2.55. The van der Waals surface area contributed by atoms with E-state index < -0.39 is 5.85 Å². The lowest BCUT2D eigenvalue weighted by molar-refractivity contribution is -0.0422. The number of hydroxylamine groups is 2. The predicted octanol–water partition coefficient (Wildman–Crippen LogP) is 28.1. The highest BCUT2D eigenvalue weighted by molar-refractivity contribution is 6.37. The molecule has 8 aromatic carbocycles. The van der Waals surface area contributed by atoms with Gasteiger partial charge in [0, 0.05) is 43.4 Å². The summed E-state index contributed by atoms with van der Waals surface area (Å²) in [6.07, 6.45) is 41.7. The summed E-state index contributed by atoms with van der Waals surface area (Å²) in [4.78, 5) is 50.3. The van der Waals surface area contributed by atoms with Crippen LogP contribution in [0.5, 0.6) is 34.5 Å². The molecule has 0 saturated carbocycles. The Morgan fingerprint density at radius 3 is 0.975 bits per heavy atom. The smallest absolute Gasteiger partial charge is 0.293 e. The third kappa shape index (κ3) is 21.4. The molecule has 1 atom stereocenters. The van der Waals surface area contributed by atoms with Crippen molar-refractivity contribution in [3.8, 4) is 34.5 Å². The van der Waals surface area contributed by atoms with Crippen LogP contribution in [0.2, 0.25) is 0 Å². The van der Waals surface area contributed by atoms with E-state index in [1.54, 1.807) is 0 Å². The molecule has 0 amide bonds. The van der Waals surface area contributed by atoms with Crippen LogP contribution in [0.1, 0.15) is 357 Å². The van der Waals surface area contributed by atoms with E-state index in [-0.39, 0.29) is 6.61 Å². The van der Waals surface area contributed by atoms with Crippen LogP contribution >= 0.6 is 0 Å². The topological polar surface area (TPSA) is 164 Å². The first-order valence-corrected chi connectivity index (χ1v) is 47.6. The number of hydrogen-bond acceptors (Lipinski definition) is 16. The normalized spacial score (nSPS) is 15.0. The van der Waals surface area contributed by atoms with Gasteiger partial charge in [0.25, 0.3) is 5.85 Å². The van der Waals surface area contributed by atoms with Crippen molar-refractivity contribution in [2.24, 2.45) is 34.9 Å². The van der Waals surface area contributed by atoms with Gasteiger partial charge in [-0.25, -0.2) is 34.9 Å². The number of ether oxygens (including phenoxy) is 7. The average molecular weight is 1630 g/mol. The van der Waals surface area contributed by atoms with Crippen LogP contribution in [0.3, 0.4) is 0 Å². The number of fused-ring (bicyclic) bond motifs is 20. The number of hydrogen-bond donors (Lipinski definition) is 0. The van der Waals surface area contributed by atoms with Crippen LogP contribution in [0.15, 0.2) is 144 Å². The van der Waals surface area contributed by atoms with Crippen molar-refractivity contribution in [1.29, 1.82) is 0 Å². The Bertz CT molecular complexity index is 4940. The summed E-state index contributed by atoms with van der Waals surface area (Å²) in [7, 11) is 0. The zero-order valence-corrected chi connectivity index (χ0v) is 74.2. The van der Waals surface area contributed by atoms with Crippen LogP contribution in [0.4, 0.5) is 0 Å². The Kier molecular flexibility index (Phi) is 34.3. The molecule has 0 N–H and O–H groups in total. The number of aliphatic imine (C=N–C) groups is 7. The quantitative estimate of drug-likeness (QED) is 0.0338. The van der Waals surface area contributed by atoms with Gasteiger partial charge in [-0.2, -0.15) is 5.06 Å². The van der Waals surface area contributed by atoms with E-state index in [0.717, 1.165) is 310 Å². The molecule has 0 aromatic heterocycles. The predicted molar refractivity (Wildman–Crippen MR) is 500 cm³/mol. The molecule has 1 unspecified atom stereocenters. The molecule has 0 saturated heterocycles. The summed E-state index contributed by atoms with van der Waals surface area (Å²) in [6.45, 7) is 21.5. The molecule has 16 nitrogen and oxygen atoms in total. The molecular formula is C104H138N8O8. The molecule has 5 aliphatic heterocycles. The zero-order valence-electron chi connectivity index (χ0n) is 74.2. The van der Waals surface area contributed by atoms with Crippen molar-refractivity contribution in [2.75, 3.05) is 52.9 Å². The number of unbranched alkanes of at least 4 members (excludes halogenated alkanes) is 32. The third-order valence-corrected chi connectivity index (χ3v) is 24.1. The highest BCUT2D eigenvalue weighted by Gasteiger charge is 2.51. The van der Waals surface area contributed by atoms with Crippen molar-refractivity contribution >= 4 is 83.9 Å². The maximum absolute atomic E-state index is 7.93. The standard InChI is InChI=1S/C104H138N8O8/c1-9-17-25-33-49-65-113-91-77-59-43-41-57-75(77)73-83-85(91)100-106-97(83)105-98-84-74-76-58-42-44-60-78(76)92(114-66-50-34-26-18-10-2)86(84)102(108-98)112(120-72-56-40-32-24-16-8)103-88-87(93(115-67-51-35-27-19-11-3)79-61-45-46-62-80(79)94(88)116-68-52-36-28-20-12-4)99(109-103)107-101-89-90(104(110-100,111-101)119-71-55-39-31-23-15-7)96(118-70-54-38-30-22-14-6)82-64-48-47-63-81(82)95(89)117-69-53-37-29-21-13-5/h41-48,57-64,73-74H,9-40,49-56,65-72H2,1-8H3. The first-order valence-electron chi connectivity index (χ1n) is 47.6. The third-order valence-electron chi connectivity index (χ3n) is 24.1. The molecule has 0 fully saturated rings. The fourth-order valence-corrected chi connectivity index (χ4v) is 17.5. The molecule has 8 aromatic rings. The number of rotatable bonds is 56. The van der Waals surface area contributed by atoms with E-state index in [0.29, 0.717) is 149 Å². The SMILES string of the molecule is CCCCCCCOc1c2c(cc3ccccc13)C1=NC2=NC2(OCCCCCCC)N=C(N=C3N=C(c4c3c(OCCCCCCC)c3ccccc3c4OCCCCCCC)N(OCCCCCCC)C3=NC(=N1)c1cc4ccccc4c(OCCCCCCC)c13)c1c2c(OCCCCCCC)c2ccccc2c1OCCCCCCC. The Morgan fingerprint density at radius 2 is 0.542 bits per heavy atom. The second-order valence-electron chi connectivity index (χ2n) is 33.6. The van der Waals surface area contributed by atoms with Crippen molar-refractivity contribution in [3.05, 3.63) is 154 Å². The highest BCUT2D eigenvalue weighted by atomic mass is 16.7. The molecule has 120 heavy (non-hydrogen) atoms. The van der Waals surface area contributed by atoms with Gasteiger partial charge in [-0.1, -0.05) is 358 Å². The zero-order chi connectivity index (χ0) is 83.1. The van der Waals surface area contributed by atoms with Crippen molar-refractivity contribution in [1.82, 2.24) is 5.06 Å². The minimum atomic E-state index is -1.94. The Labute approximate surface area is 717 Å². The van der Waals surface area contributed by atoms with Crippen molar-refractivity contribution in [3.63, 3.8) is 0 Å². The largest absolute Gasteiger partial charge is 0.492 e. The van der Waals surface area contributed by atoms with Crippen molar-refractivity contribution < 1.29 is 38.0 Å². The van der Waals surface area contributed by atoms with Gasteiger partial charge in [0.15, 0.2) is 40.8 Å². The van der Waals surface area contributed by atoms with Gasteiger partial charge in [0.1, 0.15) is 34.5 Å². The Balaban J connectivity index is 1.20. The van der Waals surface area contributed by atoms with E-state index in [9.17, 15) is 0 Å². The lowest BCUT2D eigenvalue weighted by atomic mass is 9.95. The molecule has 0 aliphatic carbocycles. The van der Waals surface area contributed by atoms with Gasteiger partial charge in [0.05, 0.1) is 86.2 Å². The lowest BCUT2D eigenvalue weighted by Gasteiger charge is -2.28. The maximum Gasteiger partial charge on any atom is 0.293 e. The monoisotopic (exact) mass is 1630 g/mol. The molecule has 0 spiro atoms. The van der Waals surface area contributed by atoms with E-state index in [4.69, 9.17) is 72.9 Å². The first kappa shape index (κ1) is 88.8. The van der Waals surface area contributed by atoms with Gasteiger partial charge in [0.2, 0.25) is 0 Å². The molecule has 0 radical (unpaired) electrons. The first-order chi connectivity index (χ1) is 59.3. The number of benzene rings is 8. The number of amidine groups is 7. The molecule has 642 valence electrons. The van der Waals surface area contributed by atoms with Crippen LogP contribution in [-0.4, -0.2) is 98.8 Å². The van der Waals surface area contributed by atoms with Gasteiger partial charge in [-0.3, -0.25) is 4.84 Å². The molecule has 8 bridgehead atoms. The van der Waals surface area contributed by atoms with E-state index in [1.807, 2.05) is 5.06 Å². The molecule has 16 heteroatoms. The average Bonchev–Trinajstić information content (AvgIpc) is 1.53. The summed E-state index contributed by atoms with van der Waals surface area (Å²) in [5, 5.41) is 9.26. The Hall–Kier alpha value is -8.99. The van der Waals surface area contributed by atoms with Crippen molar-refractivity contribution in [2.45, 2.75) is 318 Å². The number of nitrogens with zero attached hydrogens (tertiary/aromatic N) is 8. The summed E-state index contributed by atoms with van der Waals surface area (Å²) in [5.74, 6) is 4.68. The fourth-order valence-electron chi connectivity index (χ4n) is 17.5. The van der Waals surface area contributed by atoms with E-state index >= 15 is 0 Å². The summed E-state index contributed by atoms with van der Waals surface area (Å²) < 4.78 is 53.2. The van der Waals surface area contributed by atoms with Crippen LogP contribution < -0.4 is 28.4 Å². The van der Waals surface area contributed by atoms with E-state index in [1.165, 1.54) is 6.42 Å². The van der Waals surface area contributed by atoms with Gasteiger partial charge >= 0.3 is 0 Å². The van der Waals surface area contributed by atoms with Gasteiger partial charge in [-0.15, -0.1) is 0 Å². The Morgan fingerprint density at radius 1 is 0.250 bits per heavy atom. The fraction of sp³-hybridized carbons (Fsp3) is 0.548. The van der Waals surface area contributed by atoms with Crippen LogP contribution in [0.25, 0.3) is 43.1 Å². The van der Waals surface area contributed by atoms with E-state index in [2.05, 4.69) is 165 Å². The lowest BCUT2D eigenvalue weighted by Crippen LogP contribution is -2.38. The second kappa shape index (κ2) is 46.3. The molecule has 13 rings (SSSR count). The van der Waals surface area contributed by atoms with Gasteiger partial charge < -0.3 is 33.2 Å². The molecular weight excluding hydrogens is 1490 g/mol. The summed E-state index contributed by atoms with van der Waals surface area (Å²) >= 11 is 0.